The molecule has 2 aromatic carbocycles. The Bertz CT molecular complexity index is 913. The Labute approximate surface area is 151 Å². The first-order chi connectivity index (χ1) is 12.3. The second-order valence-corrected chi connectivity index (χ2v) is 7.37. The SMILES string of the molecule is CC(=O)c1cccc(S(=O)(=O)NCCC(=O)NCc2ccccc2F)c1. The summed E-state index contributed by atoms with van der Waals surface area (Å²) in [5.74, 6) is -1.07. The lowest BCUT2D eigenvalue weighted by molar-refractivity contribution is -0.121. The van der Waals surface area contributed by atoms with Crippen LogP contribution in [0.2, 0.25) is 0 Å². The molecule has 0 atom stereocenters. The fourth-order valence-electron chi connectivity index (χ4n) is 2.19. The topological polar surface area (TPSA) is 92.3 Å². The summed E-state index contributed by atoms with van der Waals surface area (Å²) in [5.41, 5.74) is 0.637. The molecule has 0 unspecified atom stereocenters. The van der Waals surface area contributed by atoms with Crippen molar-refractivity contribution in [3.63, 3.8) is 0 Å². The Morgan fingerprint density at radius 2 is 1.81 bits per heavy atom. The molecule has 0 aromatic heterocycles. The highest BCUT2D eigenvalue weighted by Gasteiger charge is 2.15. The summed E-state index contributed by atoms with van der Waals surface area (Å²) in [6.45, 7) is 1.26. The van der Waals surface area contributed by atoms with Crippen molar-refractivity contribution in [2.75, 3.05) is 6.54 Å². The van der Waals surface area contributed by atoms with Crippen LogP contribution in [0.15, 0.2) is 53.4 Å². The molecular weight excluding hydrogens is 359 g/mol. The van der Waals surface area contributed by atoms with Gasteiger partial charge < -0.3 is 5.32 Å². The molecule has 0 bridgehead atoms. The Kier molecular flexibility index (Phi) is 6.59. The molecule has 0 heterocycles. The van der Waals surface area contributed by atoms with Crippen LogP contribution in [0.4, 0.5) is 4.39 Å². The first-order valence-corrected chi connectivity index (χ1v) is 9.38. The number of carbonyl (C=O) groups excluding carboxylic acids is 2. The third kappa shape index (κ3) is 5.47. The van der Waals surface area contributed by atoms with E-state index in [1.54, 1.807) is 18.2 Å². The summed E-state index contributed by atoms with van der Waals surface area (Å²) >= 11 is 0. The van der Waals surface area contributed by atoms with Crippen LogP contribution in [-0.4, -0.2) is 26.7 Å². The minimum atomic E-state index is -3.83. The highest BCUT2D eigenvalue weighted by Crippen LogP contribution is 2.12. The molecule has 0 saturated heterocycles. The molecule has 138 valence electrons. The first-order valence-electron chi connectivity index (χ1n) is 7.90. The zero-order valence-corrected chi connectivity index (χ0v) is 15.0. The van der Waals surface area contributed by atoms with E-state index in [4.69, 9.17) is 0 Å². The number of hydrogen-bond acceptors (Lipinski definition) is 4. The predicted octanol–water partition coefficient (Wildman–Crippen LogP) is 2.01. The minimum absolute atomic E-state index is 0.0267. The number of rotatable bonds is 8. The second-order valence-electron chi connectivity index (χ2n) is 5.60. The van der Waals surface area contributed by atoms with Crippen LogP contribution in [0.25, 0.3) is 0 Å². The van der Waals surface area contributed by atoms with E-state index in [1.165, 1.54) is 37.3 Å². The third-order valence-corrected chi connectivity index (χ3v) is 5.09. The normalized spacial score (nSPS) is 11.2. The van der Waals surface area contributed by atoms with Gasteiger partial charge in [-0.3, -0.25) is 9.59 Å². The molecule has 0 aliphatic heterocycles. The van der Waals surface area contributed by atoms with E-state index in [9.17, 15) is 22.4 Å². The number of carbonyl (C=O) groups is 2. The van der Waals surface area contributed by atoms with Crippen molar-refractivity contribution < 1.29 is 22.4 Å². The highest BCUT2D eigenvalue weighted by atomic mass is 32.2. The minimum Gasteiger partial charge on any atom is -0.352 e. The summed E-state index contributed by atoms with van der Waals surface area (Å²) in [6.07, 6.45) is -0.0971. The quantitative estimate of drug-likeness (QED) is 0.688. The lowest BCUT2D eigenvalue weighted by atomic mass is 10.2. The van der Waals surface area contributed by atoms with Crippen molar-refractivity contribution in [3.05, 3.63) is 65.5 Å². The first kappa shape index (κ1) is 19.7. The molecule has 26 heavy (non-hydrogen) atoms. The lowest BCUT2D eigenvalue weighted by Crippen LogP contribution is -2.30. The zero-order chi connectivity index (χ0) is 19.2. The van der Waals surface area contributed by atoms with Gasteiger partial charge >= 0.3 is 0 Å². The van der Waals surface area contributed by atoms with Crippen LogP contribution < -0.4 is 10.0 Å². The van der Waals surface area contributed by atoms with Gasteiger partial charge in [0.05, 0.1) is 4.90 Å². The Balaban J connectivity index is 1.86. The van der Waals surface area contributed by atoms with E-state index in [-0.39, 0.29) is 35.8 Å². The second kappa shape index (κ2) is 8.68. The number of benzene rings is 2. The number of halogens is 1. The number of amides is 1. The van der Waals surface area contributed by atoms with Crippen molar-refractivity contribution in [1.29, 1.82) is 0 Å². The maximum atomic E-state index is 13.5. The van der Waals surface area contributed by atoms with E-state index in [0.29, 0.717) is 5.56 Å². The van der Waals surface area contributed by atoms with Crippen molar-refractivity contribution in [2.24, 2.45) is 0 Å². The molecule has 2 N–H and O–H groups in total. The molecule has 6 nitrogen and oxygen atoms in total. The number of sulfonamides is 1. The average molecular weight is 378 g/mol. The molecule has 1 amide bonds. The fourth-order valence-corrected chi connectivity index (χ4v) is 3.27. The number of nitrogens with one attached hydrogen (secondary N) is 2. The fraction of sp³-hybridized carbons (Fsp3) is 0.222. The van der Waals surface area contributed by atoms with Gasteiger partial charge in [0.25, 0.3) is 0 Å². The summed E-state index contributed by atoms with van der Waals surface area (Å²) in [6, 6.07) is 11.7. The van der Waals surface area contributed by atoms with Crippen LogP contribution in [0.1, 0.15) is 29.3 Å². The van der Waals surface area contributed by atoms with Gasteiger partial charge in [-0.15, -0.1) is 0 Å². The van der Waals surface area contributed by atoms with Crippen LogP contribution in [-0.2, 0) is 21.4 Å². The summed E-state index contributed by atoms with van der Waals surface area (Å²) in [4.78, 5) is 23.1. The van der Waals surface area contributed by atoms with E-state index < -0.39 is 21.7 Å². The van der Waals surface area contributed by atoms with Gasteiger partial charge in [0.15, 0.2) is 5.78 Å². The number of hydrogen-bond donors (Lipinski definition) is 2. The summed E-state index contributed by atoms with van der Waals surface area (Å²) in [7, 11) is -3.83. The van der Waals surface area contributed by atoms with Gasteiger partial charge in [-0.05, 0) is 25.1 Å². The van der Waals surface area contributed by atoms with Gasteiger partial charge in [0.1, 0.15) is 5.82 Å². The molecule has 0 spiro atoms. The average Bonchev–Trinajstić information content (AvgIpc) is 2.61. The molecule has 0 aliphatic rings. The predicted molar refractivity (Wildman–Crippen MR) is 94.5 cm³/mol. The standard InChI is InChI=1S/C18H19FN2O4S/c1-13(22)14-6-4-7-16(11-14)26(24,25)21-10-9-18(23)20-12-15-5-2-3-8-17(15)19/h2-8,11,21H,9-10,12H2,1H3,(H,20,23). The van der Waals surface area contributed by atoms with Gasteiger partial charge in [0.2, 0.25) is 15.9 Å². The molecule has 0 saturated carbocycles. The van der Waals surface area contributed by atoms with Crippen LogP contribution in [0, 0.1) is 5.82 Å². The van der Waals surface area contributed by atoms with E-state index in [1.807, 2.05) is 0 Å². The van der Waals surface area contributed by atoms with Crippen LogP contribution in [0.5, 0.6) is 0 Å². The molecule has 0 aliphatic carbocycles. The van der Waals surface area contributed by atoms with Gasteiger partial charge in [0, 0.05) is 30.6 Å². The number of ketones is 1. The molecular formula is C18H19FN2O4S. The van der Waals surface area contributed by atoms with Crippen molar-refractivity contribution >= 4 is 21.7 Å². The van der Waals surface area contributed by atoms with Crippen LogP contribution >= 0.6 is 0 Å². The van der Waals surface area contributed by atoms with Crippen LogP contribution in [0.3, 0.4) is 0 Å². The third-order valence-electron chi connectivity index (χ3n) is 3.63. The molecule has 8 heteroatoms. The maximum Gasteiger partial charge on any atom is 0.240 e. The maximum absolute atomic E-state index is 13.5. The zero-order valence-electron chi connectivity index (χ0n) is 14.2. The molecule has 0 radical (unpaired) electrons. The molecule has 0 fully saturated rings. The van der Waals surface area contributed by atoms with E-state index in [2.05, 4.69) is 10.0 Å². The summed E-state index contributed by atoms with van der Waals surface area (Å²) in [5, 5.41) is 2.53. The largest absolute Gasteiger partial charge is 0.352 e. The van der Waals surface area contributed by atoms with Gasteiger partial charge in [-0.1, -0.05) is 30.3 Å². The Morgan fingerprint density at radius 1 is 1.08 bits per heavy atom. The summed E-state index contributed by atoms with van der Waals surface area (Å²) < 4.78 is 40.2. The Hall–Kier alpha value is -2.58. The lowest BCUT2D eigenvalue weighted by Gasteiger charge is -2.09. The van der Waals surface area contributed by atoms with Crippen molar-refractivity contribution in [2.45, 2.75) is 24.8 Å². The van der Waals surface area contributed by atoms with E-state index in [0.717, 1.165) is 0 Å². The van der Waals surface area contributed by atoms with Crippen molar-refractivity contribution in [1.82, 2.24) is 10.0 Å². The van der Waals surface area contributed by atoms with E-state index >= 15 is 0 Å². The highest BCUT2D eigenvalue weighted by molar-refractivity contribution is 7.89. The molecule has 2 aromatic rings. The monoisotopic (exact) mass is 378 g/mol. The van der Waals surface area contributed by atoms with Gasteiger partial charge in [-0.2, -0.15) is 0 Å². The smallest absolute Gasteiger partial charge is 0.240 e. The number of Topliss-reactive ketones (excluding diaryl/α,β-unsaturated/α-hetero) is 1. The van der Waals surface area contributed by atoms with Gasteiger partial charge in [-0.25, -0.2) is 17.5 Å². The Morgan fingerprint density at radius 3 is 2.50 bits per heavy atom. The molecule has 2 rings (SSSR count). The van der Waals surface area contributed by atoms with Crippen molar-refractivity contribution in [3.8, 4) is 0 Å².